The third kappa shape index (κ3) is 4.25. The van der Waals surface area contributed by atoms with E-state index in [0.717, 1.165) is 10.9 Å². The van der Waals surface area contributed by atoms with E-state index in [4.69, 9.17) is 5.73 Å². The minimum absolute atomic E-state index is 0.0262. The van der Waals surface area contributed by atoms with Crippen LogP contribution in [0.3, 0.4) is 0 Å². The van der Waals surface area contributed by atoms with E-state index in [1.165, 1.54) is 10.4 Å². The lowest BCUT2D eigenvalue weighted by Gasteiger charge is -2.23. The number of nitrogen functional groups attached to an aromatic ring is 1. The zero-order valence-electron chi connectivity index (χ0n) is 18.3. The van der Waals surface area contributed by atoms with Crippen LogP contribution in [0.5, 0.6) is 5.75 Å². The Bertz CT molecular complexity index is 1450. The first-order chi connectivity index (χ1) is 15.8. The smallest absolute Gasteiger partial charge is 0.266 e. The number of para-hydroxylation sites is 1. The molecule has 7 nitrogen and oxygen atoms in total. The van der Waals surface area contributed by atoms with Crippen LogP contribution < -0.4 is 10.0 Å². The molecule has 168 valence electrons. The maximum atomic E-state index is 13.5. The highest BCUT2D eigenvalue weighted by Gasteiger charge is 2.26. The van der Waals surface area contributed by atoms with Gasteiger partial charge in [-0.05, 0) is 61.2 Å². The third-order valence-corrected chi connectivity index (χ3v) is 7.22. The highest BCUT2D eigenvalue weighted by molar-refractivity contribution is 7.93. The largest absolute Gasteiger partial charge is 0.507 e. The number of azo groups is 1. The molecule has 0 spiro atoms. The van der Waals surface area contributed by atoms with Crippen LogP contribution in [0.2, 0.25) is 0 Å². The molecule has 0 aromatic heterocycles. The van der Waals surface area contributed by atoms with Gasteiger partial charge in [-0.25, -0.2) is 8.42 Å². The summed E-state index contributed by atoms with van der Waals surface area (Å²) >= 11 is 0. The molecule has 0 fully saturated rings. The number of nitrogens with zero attached hydrogens (tertiary/aromatic N) is 3. The Morgan fingerprint density at radius 1 is 0.939 bits per heavy atom. The number of aryl methyl sites for hydroxylation is 1. The fourth-order valence-corrected chi connectivity index (χ4v) is 5.36. The Labute approximate surface area is 192 Å². The molecule has 0 saturated heterocycles. The molecule has 0 saturated carbocycles. The highest BCUT2D eigenvalue weighted by Crippen LogP contribution is 2.40. The molecule has 4 aromatic carbocycles. The molecule has 4 aromatic rings. The summed E-state index contributed by atoms with van der Waals surface area (Å²) in [6.07, 6.45) is 0. The number of rotatable bonds is 6. The zero-order chi connectivity index (χ0) is 23.6. The molecule has 3 N–H and O–H groups in total. The summed E-state index contributed by atoms with van der Waals surface area (Å²) in [6, 6.07) is 22.3. The van der Waals surface area contributed by atoms with E-state index in [1.54, 1.807) is 67.6 Å². The summed E-state index contributed by atoms with van der Waals surface area (Å²) in [6.45, 7) is 3.90. The van der Waals surface area contributed by atoms with E-state index >= 15 is 0 Å². The lowest BCUT2D eigenvalue weighted by Crippen LogP contribution is -2.30. The number of phenolic OH excluding ortho intramolecular Hbond substituents is 1. The quantitative estimate of drug-likeness (QED) is 0.269. The van der Waals surface area contributed by atoms with Crippen molar-refractivity contribution in [2.24, 2.45) is 10.2 Å². The monoisotopic (exact) mass is 460 g/mol. The van der Waals surface area contributed by atoms with Gasteiger partial charge in [0.15, 0.2) is 0 Å². The van der Waals surface area contributed by atoms with Crippen molar-refractivity contribution in [1.82, 2.24) is 0 Å². The van der Waals surface area contributed by atoms with Crippen molar-refractivity contribution in [3.63, 3.8) is 0 Å². The topological polar surface area (TPSA) is 108 Å². The zero-order valence-corrected chi connectivity index (χ0v) is 19.1. The first-order valence-corrected chi connectivity index (χ1v) is 11.9. The van der Waals surface area contributed by atoms with Gasteiger partial charge in [-0.1, -0.05) is 42.5 Å². The Hall–Kier alpha value is -3.91. The van der Waals surface area contributed by atoms with Crippen molar-refractivity contribution in [2.45, 2.75) is 18.7 Å². The Morgan fingerprint density at radius 2 is 1.64 bits per heavy atom. The SMILES string of the molecule is CCN(c1ccccc1)S(=O)(=O)c1ccccc1N=Nc1c(N)ccc2cc(C)cc(O)c12. The molecule has 0 aliphatic heterocycles. The maximum absolute atomic E-state index is 13.5. The number of hydrogen-bond donors (Lipinski definition) is 2. The number of benzene rings is 4. The van der Waals surface area contributed by atoms with Gasteiger partial charge in [-0.3, -0.25) is 4.31 Å². The molecule has 33 heavy (non-hydrogen) atoms. The average molecular weight is 461 g/mol. The summed E-state index contributed by atoms with van der Waals surface area (Å²) in [5, 5.41) is 20.3. The minimum Gasteiger partial charge on any atom is -0.507 e. The lowest BCUT2D eigenvalue weighted by atomic mass is 10.0. The second kappa shape index (κ2) is 8.91. The molecule has 0 unspecified atom stereocenters. The van der Waals surface area contributed by atoms with Crippen molar-refractivity contribution in [3.05, 3.63) is 84.4 Å². The van der Waals surface area contributed by atoms with Crippen molar-refractivity contribution < 1.29 is 13.5 Å². The minimum atomic E-state index is -3.91. The number of aromatic hydroxyl groups is 1. The second-order valence-electron chi connectivity index (χ2n) is 7.56. The van der Waals surface area contributed by atoms with Crippen LogP contribution in [-0.2, 0) is 10.0 Å². The summed E-state index contributed by atoms with van der Waals surface area (Å²) in [5.41, 5.74) is 8.37. The summed E-state index contributed by atoms with van der Waals surface area (Å²) in [4.78, 5) is 0.0262. The summed E-state index contributed by atoms with van der Waals surface area (Å²) in [7, 11) is -3.91. The van der Waals surface area contributed by atoms with E-state index in [2.05, 4.69) is 10.2 Å². The van der Waals surface area contributed by atoms with Crippen LogP contribution in [0.4, 0.5) is 22.7 Å². The molecule has 0 atom stereocenters. The molecule has 0 radical (unpaired) electrons. The van der Waals surface area contributed by atoms with Crippen LogP contribution in [0.25, 0.3) is 10.8 Å². The van der Waals surface area contributed by atoms with Gasteiger partial charge in [0, 0.05) is 6.54 Å². The van der Waals surface area contributed by atoms with Crippen molar-refractivity contribution in [1.29, 1.82) is 0 Å². The van der Waals surface area contributed by atoms with E-state index in [9.17, 15) is 13.5 Å². The van der Waals surface area contributed by atoms with Gasteiger partial charge in [-0.2, -0.15) is 0 Å². The number of hydrogen-bond acceptors (Lipinski definition) is 6. The fourth-order valence-electron chi connectivity index (χ4n) is 3.76. The number of nitrogens with two attached hydrogens (primary N) is 1. The molecule has 0 amide bonds. The van der Waals surface area contributed by atoms with Gasteiger partial charge >= 0.3 is 0 Å². The van der Waals surface area contributed by atoms with Gasteiger partial charge in [0.05, 0.1) is 16.8 Å². The molecular formula is C25H24N4O3S. The Morgan fingerprint density at radius 3 is 2.36 bits per heavy atom. The number of sulfonamides is 1. The highest BCUT2D eigenvalue weighted by atomic mass is 32.2. The number of phenols is 1. The van der Waals surface area contributed by atoms with Crippen LogP contribution in [0, 0.1) is 6.92 Å². The Kier molecular flexibility index (Phi) is 6.02. The average Bonchev–Trinajstić information content (AvgIpc) is 2.80. The third-order valence-electron chi connectivity index (χ3n) is 5.27. The van der Waals surface area contributed by atoms with Crippen LogP contribution in [0.15, 0.2) is 94.0 Å². The summed E-state index contributed by atoms with van der Waals surface area (Å²) in [5.74, 6) is 0.0355. The van der Waals surface area contributed by atoms with Crippen LogP contribution in [0.1, 0.15) is 12.5 Å². The maximum Gasteiger partial charge on any atom is 0.266 e. The molecule has 0 heterocycles. The molecule has 8 heteroatoms. The molecule has 0 aliphatic carbocycles. The predicted octanol–water partition coefficient (Wildman–Crippen LogP) is 6.07. The van der Waals surface area contributed by atoms with Crippen molar-refractivity contribution in [3.8, 4) is 5.75 Å². The first-order valence-electron chi connectivity index (χ1n) is 10.4. The first kappa shape index (κ1) is 22.3. The molecule has 0 bridgehead atoms. The van der Waals surface area contributed by atoms with Crippen molar-refractivity contribution in [2.75, 3.05) is 16.6 Å². The summed E-state index contributed by atoms with van der Waals surface area (Å²) < 4.78 is 28.4. The lowest BCUT2D eigenvalue weighted by molar-refractivity contribution is 0.481. The van der Waals surface area contributed by atoms with Crippen LogP contribution in [-0.4, -0.2) is 20.1 Å². The number of fused-ring (bicyclic) bond motifs is 1. The van der Waals surface area contributed by atoms with Gasteiger partial charge in [-0.15, -0.1) is 10.2 Å². The molecule has 0 aliphatic rings. The van der Waals surface area contributed by atoms with Crippen LogP contribution >= 0.6 is 0 Å². The predicted molar refractivity (Wildman–Crippen MR) is 132 cm³/mol. The number of anilines is 2. The van der Waals surface area contributed by atoms with Crippen molar-refractivity contribution >= 4 is 43.5 Å². The van der Waals surface area contributed by atoms with Gasteiger partial charge in [0.1, 0.15) is 22.0 Å². The van der Waals surface area contributed by atoms with E-state index in [1.807, 2.05) is 19.1 Å². The van der Waals surface area contributed by atoms with E-state index in [-0.39, 0.29) is 28.6 Å². The fraction of sp³-hybridized carbons (Fsp3) is 0.120. The molecule has 4 rings (SSSR count). The van der Waals surface area contributed by atoms with Gasteiger partial charge in [0.25, 0.3) is 10.0 Å². The van der Waals surface area contributed by atoms with Gasteiger partial charge in [0.2, 0.25) is 0 Å². The van der Waals surface area contributed by atoms with Gasteiger partial charge < -0.3 is 10.8 Å². The molecular weight excluding hydrogens is 436 g/mol. The normalized spacial score (nSPS) is 11.8. The van der Waals surface area contributed by atoms with E-state index in [0.29, 0.717) is 16.8 Å². The second-order valence-corrected chi connectivity index (χ2v) is 9.39. The standard InChI is InChI=1S/C25H24N4O3S/c1-3-29(19-9-5-4-6-10-19)33(31,32)23-12-8-7-11-21(23)27-28-25-20(26)14-13-18-15-17(2)16-22(30)24(18)25/h4-16,30H,3,26H2,1-2H3. The van der Waals surface area contributed by atoms with E-state index < -0.39 is 10.0 Å². The Balaban J connectivity index is 1.82.